The Bertz CT molecular complexity index is 825. The number of ether oxygens (including phenoxy) is 2. The minimum absolute atomic E-state index is 0.0157. The van der Waals surface area contributed by atoms with E-state index in [1.807, 2.05) is 41.0 Å². The Morgan fingerprint density at radius 1 is 1.09 bits per heavy atom. The van der Waals surface area contributed by atoms with Crippen LogP contribution in [0.3, 0.4) is 0 Å². The van der Waals surface area contributed by atoms with Crippen molar-refractivity contribution in [2.75, 3.05) is 26.6 Å². The monoisotopic (exact) mass is 313 g/mol. The highest BCUT2D eigenvalue weighted by atomic mass is 16.5. The average molecular weight is 313 g/mol. The first-order chi connectivity index (χ1) is 11.2. The fraction of sp³-hybridized carbons (Fsp3) is 0.235. The van der Waals surface area contributed by atoms with Crippen LogP contribution >= 0.6 is 0 Å². The number of hydrogen-bond acceptors (Lipinski definition) is 5. The number of hydrogen-bond donors (Lipinski definition) is 2. The standard InChI is InChI=1S/C17H19N3O3/c1-22-15-9-13-14(10-16(15)23-2)20(7-8-21)17(19-13)11-3-5-12(18)6-4-11/h3-6,9-10,21H,7-8,18H2,1-2H3. The zero-order chi connectivity index (χ0) is 16.4. The molecule has 0 bridgehead atoms. The third-order valence-corrected chi connectivity index (χ3v) is 3.75. The highest BCUT2D eigenvalue weighted by molar-refractivity contribution is 5.84. The summed E-state index contributed by atoms with van der Waals surface area (Å²) in [4.78, 5) is 4.69. The van der Waals surface area contributed by atoms with Gasteiger partial charge in [-0.05, 0) is 24.3 Å². The number of benzene rings is 2. The molecule has 6 nitrogen and oxygen atoms in total. The van der Waals surface area contributed by atoms with E-state index in [1.54, 1.807) is 14.2 Å². The molecule has 0 aliphatic rings. The van der Waals surface area contributed by atoms with Gasteiger partial charge in [-0.15, -0.1) is 0 Å². The van der Waals surface area contributed by atoms with Gasteiger partial charge in [0, 0.05) is 29.9 Å². The third kappa shape index (κ3) is 2.68. The second kappa shape index (κ2) is 6.18. The number of imidazole rings is 1. The van der Waals surface area contributed by atoms with Gasteiger partial charge in [-0.3, -0.25) is 0 Å². The first-order valence-corrected chi connectivity index (χ1v) is 7.27. The summed E-state index contributed by atoms with van der Waals surface area (Å²) in [5.41, 5.74) is 9.04. The molecule has 0 radical (unpaired) electrons. The van der Waals surface area contributed by atoms with Crippen molar-refractivity contribution in [1.82, 2.24) is 9.55 Å². The fourth-order valence-corrected chi connectivity index (χ4v) is 2.63. The predicted octanol–water partition coefficient (Wildman–Crippen LogP) is 2.29. The van der Waals surface area contributed by atoms with Gasteiger partial charge in [0.15, 0.2) is 11.5 Å². The lowest BCUT2D eigenvalue weighted by atomic mass is 10.2. The largest absolute Gasteiger partial charge is 0.493 e. The average Bonchev–Trinajstić information content (AvgIpc) is 2.92. The molecule has 0 aliphatic heterocycles. The van der Waals surface area contributed by atoms with Gasteiger partial charge in [0.2, 0.25) is 0 Å². The van der Waals surface area contributed by atoms with Crippen LogP contribution in [0.25, 0.3) is 22.4 Å². The molecule has 6 heteroatoms. The van der Waals surface area contributed by atoms with E-state index in [1.165, 1.54) is 0 Å². The molecule has 1 aromatic heterocycles. The summed E-state index contributed by atoms with van der Waals surface area (Å²) in [5.74, 6) is 2.02. The summed E-state index contributed by atoms with van der Waals surface area (Å²) in [6.07, 6.45) is 0. The number of aromatic nitrogens is 2. The lowest BCUT2D eigenvalue weighted by Gasteiger charge is -2.10. The molecule has 1 heterocycles. The molecule has 0 spiro atoms. The van der Waals surface area contributed by atoms with E-state index in [0.717, 1.165) is 22.4 Å². The first kappa shape index (κ1) is 15.2. The quantitative estimate of drug-likeness (QED) is 0.706. The molecule has 0 atom stereocenters. The maximum Gasteiger partial charge on any atom is 0.163 e. The second-order valence-corrected chi connectivity index (χ2v) is 5.13. The molecule has 0 amide bonds. The van der Waals surface area contributed by atoms with Crippen LogP contribution in [0, 0.1) is 0 Å². The van der Waals surface area contributed by atoms with Gasteiger partial charge in [0.25, 0.3) is 0 Å². The molecule has 23 heavy (non-hydrogen) atoms. The van der Waals surface area contributed by atoms with Gasteiger partial charge < -0.3 is 24.9 Å². The number of nitrogen functional groups attached to an aromatic ring is 1. The second-order valence-electron chi connectivity index (χ2n) is 5.13. The molecule has 2 aromatic carbocycles. The third-order valence-electron chi connectivity index (χ3n) is 3.75. The molecule has 3 aromatic rings. The van der Waals surface area contributed by atoms with Crippen molar-refractivity contribution in [2.24, 2.45) is 0 Å². The minimum atomic E-state index is 0.0157. The van der Waals surface area contributed by atoms with Crippen molar-refractivity contribution >= 4 is 16.7 Å². The summed E-state index contributed by atoms with van der Waals surface area (Å²) >= 11 is 0. The molecular weight excluding hydrogens is 294 g/mol. The van der Waals surface area contributed by atoms with Crippen LogP contribution in [0.5, 0.6) is 11.5 Å². The van der Waals surface area contributed by atoms with Crippen LogP contribution in [-0.4, -0.2) is 35.5 Å². The molecular formula is C17H19N3O3. The Morgan fingerprint density at radius 2 is 1.74 bits per heavy atom. The van der Waals surface area contributed by atoms with Crippen LogP contribution < -0.4 is 15.2 Å². The Hall–Kier alpha value is -2.73. The van der Waals surface area contributed by atoms with Gasteiger partial charge in [0.05, 0.1) is 31.9 Å². The number of aliphatic hydroxyl groups excluding tert-OH is 1. The van der Waals surface area contributed by atoms with Crippen LogP contribution in [0.2, 0.25) is 0 Å². The summed E-state index contributed by atoms with van der Waals surface area (Å²) in [6, 6.07) is 11.2. The predicted molar refractivity (Wildman–Crippen MR) is 89.8 cm³/mol. The number of rotatable bonds is 5. The van der Waals surface area contributed by atoms with Crippen molar-refractivity contribution in [2.45, 2.75) is 6.54 Å². The van der Waals surface area contributed by atoms with Crippen molar-refractivity contribution in [3.63, 3.8) is 0 Å². The lowest BCUT2D eigenvalue weighted by molar-refractivity contribution is 0.278. The maximum absolute atomic E-state index is 9.42. The molecule has 0 saturated carbocycles. The van der Waals surface area contributed by atoms with Crippen molar-refractivity contribution in [1.29, 1.82) is 0 Å². The van der Waals surface area contributed by atoms with E-state index in [-0.39, 0.29) is 6.61 Å². The summed E-state index contributed by atoms with van der Waals surface area (Å²) in [7, 11) is 3.19. The summed E-state index contributed by atoms with van der Waals surface area (Å²) in [5, 5.41) is 9.42. The van der Waals surface area contributed by atoms with Crippen molar-refractivity contribution in [3.05, 3.63) is 36.4 Å². The van der Waals surface area contributed by atoms with Gasteiger partial charge in [-0.2, -0.15) is 0 Å². The van der Waals surface area contributed by atoms with Gasteiger partial charge in [-0.1, -0.05) is 0 Å². The highest BCUT2D eigenvalue weighted by Crippen LogP contribution is 2.34. The fourth-order valence-electron chi connectivity index (χ4n) is 2.63. The smallest absolute Gasteiger partial charge is 0.163 e. The number of nitrogens with two attached hydrogens (primary N) is 1. The van der Waals surface area contributed by atoms with E-state index in [9.17, 15) is 5.11 Å². The molecule has 0 saturated heterocycles. The van der Waals surface area contributed by atoms with E-state index in [4.69, 9.17) is 20.2 Å². The number of nitrogens with zero attached hydrogens (tertiary/aromatic N) is 2. The molecule has 3 N–H and O–H groups in total. The van der Waals surface area contributed by atoms with E-state index in [0.29, 0.717) is 23.7 Å². The minimum Gasteiger partial charge on any atom is -0.493 e. The van der Waals surface area contributed by atoms with Gasteiger partial charge in [-0.25, -0.2) is 4.98 Å². The lowest BCUT2D eigenvalue weighted by Crippen LogP contribution is -2.04. The Labute approximate surface area is 134 Å². The summed E-state index contributed by atoms with van der Waals surface area (Å²) < 4.78 is 12.7. The molecule has 120 valence electrons. The number of fused-ring (bicyclic) bond motifs is 1. The summed E-state index contributed by atoms with van der Waals surface area (Å²) in [6.45, 7) is 0.452. The van der Waals surface area contributed by atoms with Crippen LogP contribution in [-0.2, 0) is 6.54 Å². The zero-order valence-electron chi connectivity index (χ0n) is 13.1. The van der Waals surface area contributed by atoms with Crippen LogP contribution in [0.1, 0.15) is 0 Å². The van der Waals surface area contributed by atoms with E-state index in [2.05, 4.69) is 0 Å². The first-order valence-electron chi connectivity index (χ1n) is 7.27. The van der Waals surface area contributed by atoms with E-state index >= 15 is 0 Å². The SMILES string of the molecule is COc1cc2nc(-c3ccc(N)cc3)n(CCO)c2cc1OC. The Balaban J connectivity index is 2.24. The zero-order valence-corrected chi connectivity index (χ0v) is 13.1. The number of anilines is 1. The number of aliphatic hydroxyl groups is 1. The molecule has 0 aliphatic carbocycles. The molecule has 3 rings (SSSR count). The topological polar surface area (TPSA) is 82.5 Å². The van der Waals surface area contributed by atoms with Crippen LogP contribution in [0.15, 0.2) is 36.4 Å². The Kier molecular flexibility index (Phi) is 4.08. The molecule has 0 unspecified atom stereocenters. The molecule has 0 fully saturated rings. The normalized spacial score (nSPS) is 10.9. The highest BCUT2D eigenvalue weighted by Gasteiger charge is 2.16. The maximum atomic E-state index is 9.42. The van der Waals surface area contributed by atoms with Gasteiger partial charge >= 0.3 is 0 Å². The van der Waals surface area contributed by atoms with Crippen molar-refractivity contribution < 1.29 is 14.6 Å². The number of methoxy groups -OCH3 is 2. The van der Waals surface area contributed by atoms with Crippen molar-refractivity contribution in [3.8, 4) is 22.9 Å². The Morgan fingerprint density at radius 3 is 2.35 bits per heavy atom. The van der Waals surface area contributed by atoms with E-state index < -0.39 is 0 Å². The van der Waals surface area contributed by atoms with Gasteiger partial charge in [0.1, 0.15) is 5.82 Å². The van der Waals surface area contributed by atoms with Crippen LogP contribution in [0.4, 0.5) is 5.69 Å².